The van der Waals surface area contributed by atoms with E-state index in [9.17, 15) is 9.59 Å². The Hall–Kier alpha value is -2.86. The normalized spacial score (nSPS) is 12.8. The van der Waals surface area contributed by atoms with Crippen LogP contribution in [0.5, 0.6) is 5.75 Å². The Morgan fingerprint density at radius 1 is 1.04 bits per heavy atom. The van der Waals surface area contributed by atoms with Gasteiger partial charge in [-0.1, -0.05) is 24.3 Å². The van der Waals surface area contributed by atoms with Crippen molar-refractivity contribution in [2.75, 3.05) is 32.6 Å². The molecular weight excluding hydrogens is 354 g/mol. The van der Waals surface area contributed by atoms with E-state index in [1.807, 2.05) is 32.2 Å². The monoisotopic (exact) mass is 384 g/mol. The van der Waals surface area contributed by atoms with Gasteiger partial charge in [-0.15, -0.1) is 0 Å². The fraction of sp³-hybridized carbons (Fsp3) is 0.364. The van der Waals surface area contributed by atoms with Gasteiger partial charge in [-0.3, -0.25) is 9.59 Å². The number of carbonyl (C=O) groups is 2. The lowest BCUT2D eigenvalue weighted by atomic mass is 10.0. The third kappa shape index (κ3) is 6.39. The minimum Gasteiger partial charge on any atom is -0.497 e. The van der Waals surface area contributed by atoms with Gasteiger partial charge < -0.3 is 20.3 Å². The first-order valence-corrected chi connectivity index (χ1v) is 9.40. The molecule has 6 nitrogen and oxygen atoms in total. The van der Waals surface area contributed by atoms with E-state index >= 15 is 0 Å². The Morgan fingerprint density at radius 2 is 1.75 bits per heavy atom. The summed E-state index contributed by atoms with van der Waals surface area (Å²) in [5.41, 5.74) is 4.18. The summed E-state index contributed by atoms with van der Waals surface area (Å²) in [4.78, 5) is 25.4. The lowest BCUT2D eigenvalue weighted by Crippen LogP contribution is -3.11. The number of ether oxygens (including phenoxy) is 1. The van der Waals surface area contributed by atoms with Crippen LogP contribution >= 0.6 is 0 Å². The molecule has 6 heteroatoms. The van der Waals surface area contributed by atoms with Crippen molar-refractivity contribution in [2.24, 2.45) is 0 Å². The third-order valence-electron chi connectivity index (χ3n) is 4.69. The van der Waals surface area contributed by atoms with E-state index in [4.69, 9.17) is 4.74 Å². The lowest BCUT2D eigenvalue weighted by molar-refractivity contribution is -0.862. The first-order chi connectivity index (χ1) is 13.3. The van der Waals surface area contributed by atoms with Gasteiger partial charge in [0.2, 0.25) is 0 Å². The van der Waals surface area contributed by atoms with Crippen molar-refractivity contribution in [1.82, 2.24) is 5.32 Å². The van der Waals surface area contributed by atoms with Crippen molar-refractivity contribution >= 4 is 17.5 Å². The van der Waals surface area contributed by atoms with E-state index in [-0.39, 0.29) is 30.9 Å². The zero-order valence-corrected chi connectivity index (χ0v) is 17.3. The highest BCUT2D eigenvalue weighted by molar-refractivity contribution is 5.91. The molecule has 0 fully saturated rings. The zero-order chi connectivity index (χ0) is 20.7. The summed E-state index contributed by atoms with van der Waals surface area (Å²) in [6.45, 7) is 6.51. The lowest BCUT2D eigenvalue weighted by Gasteiger charge is -2.18. The van der Waals surface area contributed by atoms with Crippen molar-refractivity contribution in [2.45, 2.75) is 26.8 Å². The van der Waals surface area contributed by atoms with Crippen LogP contribution in [0.25, 0.3) is 0 Å². The van der Waals surface area contributed by atoms with Gasteiger partial charge in [-0.05, 0) is 49.6 Å². The molecule has 2 aromatic rings. The first kappa shape index (κ1) is 21.4. The average Bonchev–Trinajstić information content (AvgIpc) is 2.63. The summed E-state index contributed by atoms with van der Waals surface area (Å²) in [5.74, 6) is 0.441. The van der Waals surface area contributed by atoms with Gasteiger partial charge in [0.15, 0.2) is 13.1 Å². The molecule has 0 aromatic heterocycles. The number of benzene rings is 2. The standard InChI is InChI=1S/C22H29N3O3/c1-15-9-10-18(11-16(15)2)17(3)23-21(26)13-25(4)14-22(27)24-19-7-6-8-20(12-19)28-5/h6-12,17H,13-14H2,1-5H3,(H,23,26)(H,24,27)/p+1/t17-/m1/s1. The number of methoxy groups -OCH3 is 1. The Balaban J connectivity index is 1.82. The molecule has 2 atom stereocenters. The second-order valence-electron chi connectivity index (χ2n) is 7.22. The van der Waals surface area contributed by atoms with Crippen molar-refractivity contribution in [3.8, 4) is 5.75 Å². The van der Waals surface area contributed by atoms with E-state index in [1.165, 1.54) is 11.1 Å². The van der Waals surface area contributed by atoms with Crippen molar-refractivity contribution in [3.05, 3.63) is 59.2 Å². The van der Waals surface area contributed by atoms with Crippen LogP contribution in [0.1, 0.15) is 29.7 Å². The van der Waals surface area contributed by atoms with Crippen LogP contribution in [0.3, 0.4) is 0 Å². The maximum absolute atomic E-state index is 12.3. The molecule has 0 aliphatic carbocycles. The van der Waals surface area contributed by atoms with Crippen molar-refractivity contribution in [1.29, 1.82) is 0 Å². The molecule has 2 rings (SSSR count). The van der Waals surface area contributed by atoms with Crippen molar-refractivity contribution in [3.63, 3.8) is 0 Å². The minimum absolute atomic E-state index is 0.0785. The number of quaternary nitrogens is 1. The number of rotatable bonds is 8. The van der Waals surface area contributed by atoms with Crippen LogP contribution in [0.15, 0.2) is 42.5 Å². The molecule has 2 amide bonds. The summed E-state index contributed by atoms with van der Waals surface area (Å²) in [5, 5.41) is 5.83. The molecule has 0 saturated heterocycles. The average molecular weight is 385 g/mol. The highest BCUT2D eigenvalue weighted by Gasteiger charge is 2.17. The molecule has 0 spiro atoms. The molecule has 0 heterocycles. The van der Waals surface area contributed by atoms with Gasteiger partial charge in [0.05, 0.1) is 20.2 Å². The minimum atomic E-state index is -0.152. The van der Waals surface area contributed by atoms with Crippen LogP contribution in [0.2, 0.25) is 0 Å². The number of aryl methyl sites for hydroxylation is 2. The van der Waals surface area contributed by atoms with Crippen LogP contribution in [0.4, 0.5) is 5.69 Å². The summed E-state index contributed by atoms with van der Waals surface area (Å²) in [6.07, 6.45) is 0. The second kappa shape index (κ2) is 9.90. The van der Waals surface area contributed by atoms with Gasteiger partial charge in [0.1, 0.15) is 5.75 Å². The number of anilines is 1. The number of hydrogen-bond donors (Lipinski definition) is 3. The van der Waals surface area contributed by atoms with E-state index in [0.29, 0.717) is 11.4 Å². The molecule has 0 aliphatic heterocycles. The largest absolute Gasteiger partial charge is 0.497 e. The quantitative estimate of drug-likeness (QED) is 0.648. The van der Waals surface area contributed by atoms with Gasteiger partial charge in [-0.2, -0.15) is 0 Å². The van der Waals surface area contributed by atoms with Gasteiger partial charge in [-0.25, -0.2) is 0 Å². The second-order valence-corrected chi connectivity index (χ2v) is 7.22. The Labute approximate surface area is 166 Å². The molecule has 0 radical (unpaired) electrons. The number of hydrogen-bond acceptors (Lipinski definition) is 3. The summed E-state index contributed by atoms with van der Waals surface area (Å²) >= 11 is 0. The van der Waals surface area contributed by atoms with E-state index in [0.717, 1.165) is 10.5 Å². The molecule has 0 aliphatic rings. The molecule has 1 unspecified atom stereocenters. The molecule has 28 heavy (non-hydrogen) atoms. The number of carbonyl (C=O) groups excluding carboxylic acids is 2. The van der Waals surface area contributed by atoms with Crippen molar-refractivity contribution < 1.29 is 19.2 Å². The van der Waals surface area contributed by atoms with Crippen LogP contribution in [-0.4, -0.2) is 39.1 Å². The summed E-state index contributed by atoms with van der Waals surface area (Å²) < 4.78 is 5.15. The Morgan fingerprint density at radius 3 is 2.43 bits per heavy atom. The van der Waals surface area contributed by atoms with Gasteiger partial charge in [0.25, 0.3) is 11.8 Å². The fourth-order valence-corrected chi connectivity index (χ4v) is 2.93. The van der Waals surface area contributed by atoms with Crippen LogP contribution in [0, 0.1) is 13.8 Å². The Kier molecular flexibility index (Phi) is 7.58. The fourth-order valence-electron chi connectivity index (χ4n) is 2.93. The number of likely N-dealkylation sites (N-methyl/N-ethyl adjacent to an activating group) is 1. The predicted molar refractivity (Wildman–Crippen MR) is 111 cm³/mol. The summed E-state index contributed by atoms with van der Waals surface area (Å²) in [6, 6.07) is 13.3. The Bertz CT molecular complexity index is 836. The maximum Gasteiger partial charge on any atom is 0.279 e. The van der Waals surface area contributed by atoms with Gasteiger partial charge >= 0.3 is 0 Å². The number of nitrogens with one attached hydrogen (secondary N) is 3. The molecular formula is C22H30N3O3+. The third-order valence-corrected chi connectivity index (χ3v) is 4.69. The zero-order valence-electron chi connectivity index (χ0n) is 17.3. The van der Waals surface area contributed by atoms with Crippen LogP contribution < -0.4 is 20.3 Å². The molecule has 0 bridgehead atoms. The van der Waals surface area contributed by atoms with E-state index in [1.54, 1.807) is 19.2 Å². The van der Waals surface area contributed by atoms with E-state index in [2.05, 4.69) is 36.6 Å². The summed E-state index contributed by atoms with van der Waals surface area (Å²) in [7, 11) is 3.40. The number of amides is 2. The molecule has 3 N–H and O–H groups in total. The topological polar surface area (TPSA) is 71.9 Å². The molecule has 2 aromatic carbocycles. The predicted octanol–water partition coefficient (Wildman–Crippen LogP) is 1.64. The molecule has 150 valence electrons. The highest BCUT2D eigenvalue weighted by atomic mass is 16.5. The highest BCUT2D eigenvalue weighted by Crippen LogP contribution is 2.17. The van der Waals surface area contributed by atoms with Gasteiger partial charge in [0, 0.05) is 11.8 Å². The SMILES string of the molecule is COc1cccc(NC(=O)C[NH+](C)CC(=O)N[C@H](C)c2ccc(C)c(C)c2)c1. The first-order valence-electron chi connectivity index (χ1n) is 9.40. The van der Waals surface area contributed by atoms with E-state index < -0.39 is 0 Å². The smallest absolute Gasteiger partial charge is 0.279 e. The van der Waals surface area contributed by atoms with Crippen LogP contribution in [-0.2, 0) is 9.59 Å². The molecule has 0 saturated carbocycles. The maximum atomic E-state index is 12.3.